The third kappa shape index (κ3) is 2.01. The van der Waals surface area contributed by atoms with E-state index in [2.05, 4.69) is 0 Å². The van der Waals surface area contributed by atoms with Crippen molar-refractivity contribution in [3.63, 3.8) is 0 Å². The quantitative estimate of drug-likeness (QED) is 0.453. The molecule has 0 heterocycles. The molecule has 5 heteroatoms. The fraction of sp³-hybridized carbons (Fsp3) is 0.133. The molecule has 1 aliphatic rings. The van der Waals surface area contributed by atoms with Gasteiger partial charge in [0.05, 0.1) is 17.7 Å². The van der Waals surface area contributed by atoms with Crippen LogP contribution in [0.5, 0.6) is 0 Å². The van der Waals surface area contributed by atoms with E-state index in [-0.39, 0.29) is 17.2 Å². The molecule has 2 rings (SSSR count). The molecule has 5 nitrogen and oxygen atoms in total. The minimum atomic E-state index is -0.465. The van der Waals surface area contributed by atoms with Gasteiger partial charge in [0.2, 0.25) is 0 Å². The number of anilines is 1. The molecule has 1 aliphatic carbocycles. The maximum absolute atomic E-state index is 9.27. The number of nitriles is 3. The number of rotatable bonds is 1. The van der Waals surface area contributed by atoms with Gasteiger partial charge in [0.15, 0.2) is 0 Å². The Labute approximate surface area is 116 Å². The first-order valence-corrected chi connectivity index (χ1v) is 5.90. The number of nitrogens with two attached hydrogens (primary N) is 2. The fourth-order valence-corrected chi connectivity index (χ4v) is 2.37. The van der Waals surface area contributed by atoms with Crippen molar-refractivity contribution >= 4 is 5.69 Å². The van der Waals surface area contributed by atoms with E-state index < -0.39 is 5.92 Å². The molecule has 0 amide bonds. The van der Waals surface area contributed by atoms with Gasteiger partial charge in [-0.1, -0.05) is 24.3 Å². The van der Waals surface area contributed by atoms with Crippen LogP contribution in [0.4, 0.5) is 5.69 Å². The summed E-state index contributed by atoms with van der Waals surface area (Å²) in [4.78, 5) is 0. The molecule has 0 aromatic heterocycles. The van der Waals surface area contributed by atoms with Crippen LogP contribution >= 0.6 is 0 Å². The van der Waals surface area contributed by atoms with Gasteiger partial charge in [-0.25, -0.2) is 0 Å². The number of hydrogen-bond donors (Lipinski definition) is 2. The van der Waals surface area contributed by atoms with Gasteiger partial charge in [0.25, 0.3) is 0 Å². The van der Waals surface area contributed by atoms with Gasteiger partial charge in [-0.05, 0) is 17.2 Å². The molecule has 0 aliphatic heterocycles. The van der Waals surface area contributed by atoms with Crippen molar-refractivity contribution in [2.75, 3.05) is 5.73 Å². The van der Waals surface area contributed by atoms with Crippen LogP contribution in [0.15, 0.2) is 41.5 Å². The van der Waals surface area contributed by atoms with Crippen LogP contribution in [-0.2, 0) is 0 Å². The van der Waals surface area contributed by atoms with Crippen LogP contribution in [0, 0.1) is 34.0 Å². The van der Waals surface area contributed by atoms with E-state index in [0.717, 1.165) is 11.1 Å². The highest BCUT2D eigenvalue weighted by molar-refractivity contribution is 5.62. The van der Waals surface area contributed by atoms with E-state index in [0.29, 0.717) is 5.69 Å². The lowest BCUT2D eigenvalue weighted by Crippen LogP contribution is -2.19. The number of hydrogen-bond acceptors (Lipinski definition) is 5. The van der Waals surface area contributed by atoms with Gasteiger partial charge >= 0.3 is 0 Å². The zero-order valence-electron chi connectivity index (χ0n) is 10.5. The molecule has 96 valence electrons. The summed E-state index contributed by atoms with van der Waals surface area (Å²) < 4.78 is 0. The Morgan fingerprint density at radius 1 is 1.05 bits per heavy atom. The average Bonchev–Trinajstić information content (AvgIpc) is 2.46. The molecule has 0 saturated heterocycles. The molecular formula is C15H11N5. The lowest BCUT2D eigenvalue weighted by molar-refractivity contribution is 0.829. The summed E-state index contributed by atoms with van der Waals surface area (Å²) in [5.74, 6) is -0.465. The third-order valence-corrected chi connectivity index (χ3v) is 3.28. The molecule has 1 aromatic rings. The van der Waals surface area contributed by atoms with Crippen molar-refractivity contribution in [1.29, 1.82) is 15.8 Å². The van der Waals surface area contributed by atoms with Gasteiger partial charge in [-0.15, -0.1) is 0 Å². The zero-order valence-corrected chi connectivity index (χ0v) is 10.5. The lowest BCUT2D eigenvalue weighted by atomic mass is 9.80. The van der Waals surface area contributed by atoms with Crippen molar-refractivity contribution in [1.82, 2.24) is 0 Å². The van der Waals surface area contributed by atoms with E-state index in [4.69, 9.17) is 22.0 Å². The van der Waals surface area contributed by atoms with Gasteiger partial charge in [0.1, 0.15) is 17.7 Å². The van der Waals surface area contributed by atoms with Crippen LogP contribution in [0.25, 0.3) is 0 Å². The Kier molecular flexibility index (Phi) is 3.53. The predicted octanol–water partition coefficient (Wildman–Crippen LogP) is 1.79. The Balaban J connectivity index is 2.69. The van der Waals surface area contributed by atoms with E-state index in [9.17, 15) is 5.26 Å². The summed E-state index contributed by atoms with van der Waals surface area (Å²) in [6, 6.07) is 10.4. The lowest BCUT2D eigenvalue weighted by Gasteiger charge is -2.25. The van der Waals surface area contributed by atoms with Crippen molar-refractivity contribution in [3.05, 3.63) is 52.6 Å². The van der Waals surface area contributed by atoms with Crippen LogP contribution in [0.3, 0.4) is 0 Å². The predicted molar refractivity (Wildman–Crippen MR) is 73.5 cm³/mol. The van der Waals surface area contributed by atoms with Crippen molar-refractivity contribution in [2.45, 2.75) is 12.0 Å². The molecule has 0 fully saturated rings. The maximum Gasteiger partial charge on any atom is 0.144 e. The number of fused-ring (bicyclic) bond motifs is 1. The van der Waals surface area contributed by atoms with Gasteiger partial charge in [0, 0.05) is 11.6 Å². The molecule has 0 saturated carbocycles. The molecule has 0 spiro atoms. The van der Waals surface area contributed by atoms with Crippen LogP contribution in [0.2, 0.25) is 0 Å². The number of nitrogen functional groups attached to an aromatic ring is 1. The first-order valence-electron chi connectivity index (χ1n) is 5.90. The van der Waals surface area contributed by atoms with Crippen LogP contribution in [-0.4, -0.2) is 0 Å². The highest BCUT2D eigenvalue weighted by Crippen LogP contribution is 2.39. The van der Waals surface area contributed by atoms with Crippen LogP contribution < -0.4 is 11.5 Å². The number of allylic oxidation sites excluding steroid dienone is 3. The standard InChI is InChI=1S/C15H11N5/c16-6-9(7-17)12(8-18)10-4-5-14(20)15-11(10)2-1-3-13(15)19/h1-5,10,14H,19-20H2. The van der Waals surface area contributed by atoms with E-state index in [1.54, 1.807) is 36.4 Å². The third-order valence-electron chi connectivity index (χ3n) is 3.28. The highest BCUT2D eigenvalue weighted by Gasteiger charge is 2.27. The molecule has 1 aromatic carbocycles. The molecular weight excluding hydrogens is 250 g/mol. The minimum Gasteiger partial charge on any atom is -0.398 e. The summed E-state index contributed by atoms with van der Waals surface area (Å²) in [5, 5.41) is 27.2. The molecule has 0 bridgehead atoms. The SMILES string of the molecule is N#CC(C#N)=C(C#N)C1C=CC(N)c2c(N)cccc21. The summed E-state index contributed by atoms with van der Waals surface area (Å²) in [6.07, 6.45) is 3.47. The Hall–Kier alpha value is -3.07. The molecule has 2 atom stereocenters. The number of benzene rings is 1. The van der Waals surface area contributed by atoms with Crippen molar-refractivity contribution < 1.29 is 0 Å². The van der Waals surface area contributed by atoms with Crippen LogP contribution in [0.1, 0.15) is 23.1 Å². The Morgan fingerprint density at radius 3 is 2.35 bits per heavy atom. The summed E-state index contributed by atoms with van der Waals surface area (Å²) in [7, 11) is 0. The molecule has 20 heavy (non-hydrogen) atoms. The zero-order chi connectivity index (χ0) is 14.7. The summed E-state index contributed by atoms with van der Waals surface area (Å²) in [6.45, 7) is 0. The molecule has 2 unspecified atom stereocenters. The molecule has 4 N–H and O–H groups in total. The Morgan fingerprint density at radius 2 is 1.75 bits per heavy atom. The first kappa shape index (κ1) is 13.4. The Bertz CT molecular complexity index is 721. The van der Waals surface area contributed by atoms with E-state index in [1.807, 2.05) is 12.1 Å². The summed E-state index contributed by atoms with van der Waals surface area (Å²) in [5.41, 5.74) is 13.9. The van der Waals surface area contributed by atoms with Crippen molar-refractivity contribution in [2.24, 2.45) is 5.73 Å². The number of nitrogens with zero attached hydrogens (tertiary/aromatic N) is 3. The van der Waals surface area contributed by atoms with E-state index >= 15 is 0 Å². The largest absolute Gasteiger partial charge is 0.398 e. The van der Waals surface area contributed by atoms with E-state index in [1.165, 1.54) is 0 Å². The summed E-state index contributed by atoms with van der Waals surface area (Å²) >= 11 is 0. The fourth-order valence-electron chi connectivity index (χ4n) is 2.37. The normalized spacial score (nSPS) is 19.1. The topological polar surface area (TPSA) is 123 Å². The second-order valence-corrected chi connectivity index (χ2v) is 4.36. The average molecular weight is 261 g/mol. The minimum absolute atomic E-state index is 0.116. The second-order valence-electron chi connectivity index (χ2n) is 4.36. The smallest absolute Gasteiger partial charge is 0.144 e. The second kappa shape index (κ2) is 5.28. The maximum atomic E-state index is 9.27. The first-order chi connectivity index (χ1) is 9.63. The van der Waals surface area contributed by atoms with Crippen molar-refractivity contribution in [3.8, 4) is 18.2 Å². The van der Waals surface area contributed by atoms with Gasteiger partial charge in [-0.3, -0.25) is 0 Å². The van der Waals surface area contributed by atoms with Gasteiger partial charge in [-0.2, -0.15) is 15.8 Å². The highest BCUT2D eigenvalue weighted by atomic mass is 14.7. The monoisotopic (exact) mass is 261 g/mol. The molecule has 0 radical (unpaired) electrons. The van der Waals surface area contributed by atoms with Gasteiger partial charge < -0.3 is 11.5 Å².